The van der Waals surface area contributed by atoms with Gasteiger partial charge in [0, 0.05) is 12.4 Å². The summed E-state index contributed by atoms with van der Waals surface area (Å²) >= 11 is 0. The second-order valence-corrected chi connectivity index (χ2v) is 4.77. The van der Waals surface area contributed by atoms with Crippen molar-refractivity contribution in [1.29, 1.82) is 0 Å². The Balaban J connectivity index is 1.76. The highest BCUT2D eigenvalue weighted by atomic mass is 16.6. The lowest BCUT2D eigenvalue weighted by atomic mass is 10.2. The number of para-hydroxylation sites is 2. The number of hydrogen-bond donors (Lipinski definition) is 0. The summed E-state index contributed by atoms with van der Waals surface area (Å²) in [7, 11) is 0. The van der Waals surface area contributed by atoms with Gasteiger partial charge in [-0.1, -0.05) is 12.1 Å². The summed E-state index contributed by atoms with van der Waals surface area (Å²) in [5.74, 6) is 0.538. The lowest BCUT2D eigenvalue weighted by Gasteiger charge is -2.10. The lowest BCUT2D eigenvalue weighted by molar-refractivity contribution is 0.0728. The Morgan fingerprint density at radius 2 is 1.78 bits per heavy atom. The van der Waals surface area contributed by atoms with E-state index in [0.717, 1.165) is 5.69 Å². The van der Waals surface area contributed by atoms with Gasteiger partial charge in [0.2, 0.25) is 0 Å². The fraction of sp³-hybridized carbons (Fsp3) is 0.111. The van der Waals surface area contributed by atoms with Crippen LogP contribution in [0.15, 0.2) is 67.0 Å². The van der Waals surface area contributed by atoms with E-state index >= 15 is 0 Å². The van der Waals surface area contributed by atoms with Crippen molar-refractivity contribution in [2.24, 2.45) is 0 Å². The van der Waals surface area contributed by atoms with Crippen molar-refractivity contribution in [3.05, 3.63) is 72.6 Å². The molecule has 0 fully saturated rings. The Kier molecular flexibility index (Phi) is 4.38. The van der Waals surface area contributed by atoms with Crippen molar-refractivity contribution >= 4 is 5.97 Å². The molecule has 0 saturated heterocycles. The van der Waals surface area contributed by atoms with Crippen LogP contribution in [0, 0.1) is 0 Å². The van der Waals surface area contributed by atoms with Crippen LogP contribution in [0.2, 0.25) is 0 Å². The first-order chi connectivity index (χ1) is 11.3. The highest BCUT2D eigenvalue weighted by Gasteiger charge is 2.12. The topological polar surface area (TPSA) is 53.4 Å². The Morgan fingerprint density at radius 1 is 1.04 bits per heavy atom. The summed E-state index contributed by atoms with van der Waals surface area (Å²) in [6, 6.07) is 16.0. The van der Waals surface area contributed by atoms with Crippen molar-refractivity contribution in [3.8, 4) is 17.2 Å². The summed E-state index contributed by atoms with van der Waals surface area (Å²) in [5.41, 5.74) is 1.34. The van der Waals surface area contributed by atoms with E-state index in [0.29, 0.717) is 23.7 Å². The minimum Gasteiger partial charge on any atom is -0.490 e. The minimum absolute atomic E-state index is 0.413. The van der Waals surface area contributed by atoms with Gasteiger partial charge in [0.1, 0.15) is 0 Å². The van der Waals surface area contributed by atoms with Gasteiger partial charge in [0.15, 0.2) is 11.5 Å². The van der Waals surface area contributed by atoms with Gasteiger partial charge in [0.05, 0.1) is 17.9 Å². The summed E-state index contributed by atoms with van der Waals surface area (Å²) in [5, 5.41) is 4.14. The normalized spacial score (nSPS) is 10.3. The monoisotopic (exact) mass is 308 g/mol. The van der Waals surface area contributed by atoms with Crippen LogP contribution in [0.4, 0.5) is 0 Å². The number of hydrogen-bond acceptors (Lipinski definition) is 4. The smallest absolute Gasteiger partial charge is 0.343 e. The first kappa shape index (κ1) is 14.8. The van der Waals surface area contributed by atoms with Crippen molar-refractivity contribution in [2.45, 2.75) is 6.92 Å². The molecule has 0 bridgehead atoms. The Labute approximate surface area is 134 Å². The molecule has 5 nitrogen and oxygen atoms in total. The zero-order valence-corrected chi connectivity index (χ0v) is 12.7. The number of aromatic nitrogens is 2. The van der Waals surface area contributed by atoms with Gasteiger partial charge in [-0.3, -0.25) is 0 Å². The van der Waals surface area contributed by atoms with Crippen LogP contribution in [-0.2, 0) is 0 Å². The number of carbonyl (C=O) groups is 1. The van der Waals surface area contributed by atoms with Crippen molar-refractivity contribution in [1.82, 2.24) is 9.78 Å². The molecule has 3 aromatic rings. The molecule has 5 heteroatoms. The van der Waals surface area contributed by atoms with Crippen molar-refractivity contribution < 1.29 is 14.3 Å². The summed E-state index contributed by atoms with van der Waals surface area (Å²) in [4.78, 5) is 12.3. The summed E-state index contributed by atoms with van der Waals surface area (Å²) in [6.07, 6.45) is 3.54. The van der Waals surface area contributed by atoms with E-state index in [1.54, 1.807) is 41.2 Å². The van der Waals surface area contributed by atoms with Gasteiger partial charge < -0.3 is 9.47 Å². The van der Waals surface area contributed by atoms with E-state index in [4.69, 9.17) is 9.47 Å². The predicted octanol–water partition coefficient (Wildman–Crippen LogP) is 3.49. The van der Waals surface area contributed by atoms with Crippen LogP contribution in [0.25, 0.3) is 5.69 Å². The van der Waals surface area contributed by atoms with E-state index in [2.05, 4.69) is 5.10 Å². The van der Waals surface area contributed by atoms with E-state index in [9.17, 15) is 4.79 Å². The van der Waals surface area contributed by atoms with E-state index in [-0.39, 0.29) is 0 Å². The Bertz CT molecular complexity index is 780. The zero-order chi connectivity index (χ0) is 16.1. The Hall–Kier alpha value is -3.08. The van der Waals surface area contributed by atoms with E-state index < -0.39 is 5.97 Å². The number of esters is 1. The number of rotatable bonds is 5. The molecular weight excluding hydrogens is 292 g/mol. The molecule has 0 atom stereocenters. The third-order valence-electron chi connectivity index (χ3n) is 3.22. The average molecular weight is 308 g/mol. The van der Waals surface area contributed by atoms with Crippen LogP contribution >= 0.6 is 0 Å². The molecule has 3 rings (SSSR count). The number of ether oxygens (including phenoxy) is 2. The molecular formula is C18H16N2O3. The SMILES string of the molecule is CCOc1ccccc1OC(=O)c1ccc(-n2cccn2)cc1. The van der Waals surface area contributed by atoms with Gasteiger partial charge >= 0.3 is 5.97 Å². The maximum Gasteiger partial charge on any atom is 0.343 e. The molecule has 0 amide bonds. The highest BCUT2D eigenvalue weighted by Crippen LogP contribution is 2.27. The molecule has 0 radical (unpaired) electrons. The molecule has 0 aliphatic heterocycles. The van der Waals surface area contributed by atoms with Crippen LogP contribution in [-0.4, -0.2) is 22.4 Å². The third kappa shape index (κ3) is 3.40. The molecule has 1 aromatic heterocycles. The van der Waals surface area contributed by atoms with Crippen LogP contribution in [0.1, 0.15) is 17.3 Å². The lowest BCUT2D eigenvalue weighted by Crippen LogP contribution is -2.09. The Morgan fingerprint density at radius 3 is 2.43 bits per heavy atom. The minimum atomic E-state index is -0.427. The van der Waals surface area contributed by atoms with E-state index in [1.807, 2.05) is 37.4 Å². The van der Waals surface area contributed by atoms with Gasteiger partial charge in [-0.2, -0.15) is 5.10 Å². The zero-order valence-electron chi connectivity index (χ0n) is 12.7. The fourth-order valence-electron chi connectivity index (χ4n) is 2.14. The molecule has 23 heavy (non-hydrogen) atoms. The first-order valence-electron chi connectivity index (χ1n) is 7.32. The number of nitrogens with zero attached hydrogens (tertiary/aromatic N) is 2. The number of benzene rings is 2. The van der Waals surface area contributed by atoms with Gasteiger partial charge in [-0.25, -0.2) is 9.48 Å². The van der Waals surface area contributed by atoms with Crippen LogP contribution in [0.5, 0.6) is 11.5 Å². The largest absolute Gasteiger partial charge is 0.490 e. The van der Waals surface area contributed by atoms with Crippen molar-refractivity contribution in [3.63, 3.8) is 0 Å². The summed E-state index contributed by atoms with van der Waals surface area (Å²) in [6.45, 7) is 2.39. The average Bonchev–Trinajstić information content (AvgIpc) is 3.11. The standard InChI is InChI=1S/C18H16N2O3/c1-2-22-16-6-3-4-7-17(16)23-18(21)14-8-10-15(11-9-14)20-13-5-12-19-20/h3-13H,2H2,1H3. The molecule has 1 heterocycles. The molecule has 116 valence electrons. The summed E-state index contributed by atoms with van der Waals surface area (Å²) < 4.78 is 12.6. The molecule has 0 unspecified atom stereocenters. The molecule has 0 N–H and O–H groups in total. The van der Waals surface area contributed by atoms with Crippen molar-refractivity contribution in [2.75, 3.05) is 6.61 Å². The van der Waals surface area contributed by atoms with Crippen LogP contribution in [0.3, 0.4) is 0 Å². The second-order valence-electron chi connectivity index (χ2n) is 4.77. The number of carbonyl (C=O) groups excluding carboxylic acids is 1. The van der Waals surface area contributed by atoms with Gasteiger partial charge in [0.25, 0.3) is 0 Å². The van der Waals surface area contributed by atoms with E-state index in [1.165, 1.54) is 0 Å². The first-order valence-corrected chi connectivity index (χ1v) is 7.32. The predicted molar refractivity (Wildman–Crippen MR) is 86.1 cm³/mol. The molecule has 0 aliphatic rings. The van der Waals surface area contributed by atoms with Gasteiger partial charge in [-0.15, -0.1) is 0 Å². The molecule has 0 aliphatic carbocycles. The highest BCUT2D eigenvalue weighted by molar-refractivity contribution is 5.91. The maximum atomic E-state index is 12.3. The fourth-order valence-corrected chi connectivity index (χ4v) is 2.14. The molecule has 0 saturated carbocycles. The van der Waals surface area contributed by atoms with Gasteiger partial charge in [-0.05, 0) is 49.4 Å². The quantitative estimate of drug-likeness (QED) is 0.535. The molecule has 0 spiro atoms. The maximum absolute atomic E-state index is 12.3. The second kappa shape index (κ2) is 6.79. The van der Waals surface area contributed by atoms with Crippen LogP contribution < -0.4 is 9.47 Å². The third-order valence-corrected chi connectivity index (χ3v) is 3.22. The molecule has 2 aromatic carbocycles.